The molecule has 0 saturated heterocycles. The van der Waals surface area contributed by atoms with Crippen LogP contribution in [-0.2, 0) is 0 Å². The fourth-order valence-electron chi connectivity index (χ4n) is 1.72. The van der Waals surface area contributed by atoms with Gasteiger partial charge in [0, 0.05) is 11.1 Å². The highest BCUT2D eigenvalue weighted by Gasteiger charge is 2.17. The molecule has 1 heterocycles. The second-order valence-corrected chi connectivity index (χ2v) is 3.77. The smallest absolute Gasteiger partial charge is 0.287 e. The molecule has 4 N–H and O–H groups in total. The highest BCUT2D eigenvalue weighted by Crippen LogP contribution is 2.27. The topological polar surface area (TPSA) is 92.0 Å². The largest absolute Gasteiger partial charge is 0.394 e. The summed E-state index contributed by atoms with van der Waals surface area (Å²) in [4.78, 5) is 11.4. The van der Waals surface area contributed by atoms with Gasteiger partial charge in [0.25, 0.3) is 5.56 Å². The Balaban J connectivity index is 2.71. The molecular weight excluding hydrogens is 218 g/mol. The average Bonchev–Trinajstić information content (AvgIpc) is 2.33. The van der Waals surface area contributed by atoms with E-state index in [-0.39, 0.29) is 5.69 Å². The van der Waals surface area contributed by atoms with Crippen molar-refractivity contribution in [3.63, 3.8) is 0 Å². The van der Waals surface area contributed by atoms with Crippen molar-refractivity contribution in [2.24, 2.45) is 0 Å². The monoisotopic (exact) mass is 231 g/mol. The van der Waals surface area contributed by atoms with E-state index >= 15 is 0 Å². The molecule has 17 heavy (non-hydrogen) atoms. The zero-order valence-corrected chi connectivity index (χ0v) is 9.34. The summed E-state index contributed by atoms with van der Waals surface area (Å²) in [6.07, 6.45) is -0.847. The Kier molecular flexibility index (Phi) is 2.93. The third kappa shape index (κ3) is 2.05. The second-order valence-electron chi connectivity index (χ2n) is 3.77. The SMILES string of the molecule is CC(O)c1c(-c2ccccc2)n[nH]c(=O)c1N. The third-order valence-corrected chi connectivity index (χ3v) is 2.52. The molecule has 0 amide bonds. The number of nitrogens with two attached hydrogens (primary N) is 1. The van der Waals surface area contributed by atoms with Crippen molar-refractivity contribution in [2.45, 2.75) is 13.0 Å². The lowest BCUT2D eigenvalue weighted by Crippen LogP contribution is -2.18. The zero-order chi connectivity index (χ0) is 12.4. The molecule has 1 aromatic heterocycles. The van der Waals surface area contributed by atoms with Crippen molar-refractivity contribution < 1.29 is 5.11 Å². The number of rotatable bonds is 2. The minimum atomic E-state index is -0.847. The van der Waals surface area contributed by atoms with Gasteiger partial charge in [-0.2, -0.15) is 5.10 Å². The number of hydrogen-bond acceptors (Lipinski definition) is 4. The molecule has 5 nitrogen and oxygen atoms in total. The molecule has 5 heteroatoms. The molecule has 0 radical (unpaired) electrons. The van der Waals surface area contributed by atoms with Crippen LogP contribution in [0, 0.1) is 0 Å². The van der Waals surface area contributed by atoms with Crippen LogP contribution in [0.3, 0.4) is 0 Å². The van der Waals surface area contributed by atoms with Gasteiger partial charge in [0.2, 0.25) is 0 Å². The van der Waals surface area contributed by atoms with Crippen LogP contribution >= 0.6 is 0 Å². The molecule has 88 valence electrons. The van der Waals surface area contributed by atoms with Crippen molar-refractivity contribution in [3.05, 3.63) is 46.2 Å². The second kappa shape index (κ2) is 4.39. The molecule has 2 aromatic rings. The molecule has 0 aliphatic heterocycles. The number of aromatic nitrogens is 2. The van der Waals surface area contributed by atoms with E-state index in [0.29, 0.717) is 11.3 Å². The summed E-state index contributed by atoms with van der Waals surface area (Å²) in [6.45, 7) is 1.55. The normalized spacial score (nSPS) is 12.4. The summed E-state index contributed by atoms with van der Waals surface area (Å²) in [7, 11) is 0. The van der Waals surface area contributed by atoms with Crippen LogP contribution in [0.5, 0.6) is 0 Å². The van der Waals surface area contributed by atoms with Crippen molar-refractivity contribution >= 4 is 5.69 Å². The predicted octanol–water partition coefficient (Wildman–Crippen LogP) is 1.07. The van der Waals surface area contributed by atoms with Gasteiger partial charge in [-0.3, -0.25) is 4.79 Å². The number of aromatic amines is 1. The third-order valence-electron chi connectivity index (χ3n) is 2.52. The summed E-state index contributed by atoms with van der Waals surface area (Å²) in [5.41, 5.74) is 6.86. The van der Waals surface area contributed by atoms with Crippen molar-refractivity contribution in [1.82, 2.24) is 10.2 Å². The lowest BCUT2D eigenvalue weighted by molar-refractivity contribution is 0.200. The Labute approximate surface area is 97.9 Å². The van der Waals surface area contributed by atoms with Crippen LogP contribution in [0.1, 0.15) is 18.6 Å². The van der Waals surface area contributed by atoms with E-state index in [0.717, 1.165) is 5.56 Å². The maximum Gasteiger partial charge on any atom is 0.287 e. The van der Waals surface area contributed by atoms with Gasteiger partial charge in [-0.05, 0) is 6.92 Å². The fraction of sp³-hybridized carbons (Fsp3) is 0.167. The predicted molar refractivity (Wildman–Crippen MR) is 65.3 cm³/mol. The summed E-state index contributed by atoms with van der Waals surface area (Å²) in [5, 5.41) is 16.0. The van der Waals surface area contributed by atoms with Crippen LogP contribution in [-0.4, -0.2) is 15.3 Å². The number of anilines is 1. The summed E-state index contributed by atoms with van der Waals surface area (Å²) in [6, 6.07) is 9.26. The van der Waals surface area contributed by atoms with E-state index in [1.54, 1.807) is 6.92 Å². The summed E-state index contributed by atoms with van der Waals surface area (Å²) < 4.78 is 0. The number of nitrogens with zero attached hydrogens (tertiary/aromatic N) is 1. The molecule has 1 aromatic carbocycles. The van der Waals surface area contributed by atoms with E-state index in [2.05, 4.69) is 10.2 Å². The van der Waals surface area contributed by atoms with Crippen LogP contribution in [0.4, 0.5) is 5.69 Å². The number of nitrogen functional groups attached to an aromatic ring is 1. The number of benzene rings is 1. The number of hydrogen-bond donors (Lipinski definition) is 3. The first-order valence-corrected chi connectivity index (χ1v) is 5.22. The van der Waals surface area contributed by atoms with E-state index < -0.39 is 11.7 Å². The van der Waals surface area contributed by atoms with Gasteiger partial charge in [-0.15, -0.1) is 0 Å². The molecule has 1 unspecified atom stereocenters. The Morgan fingerprint density at radius 1 is 1.35 bits per heavy atom. The van der Waals surface area contributed by atoms with Gasteiger partial charge in [0.05, 0.1) is 11.8 Å². The highest BCUT2D eigenvalue weighted by molar-refractivity contribution is 5.68. The van der Waals surface area contributed by atoms with Gasteiger partial charge in [-0.25, -0.2) is 5.10 Å². The molecule has 0 aliphatic rings. The minimum Gasteiger partial charge on any atom is -0.394 e. The quantitative estimate of drug-likeness (QED) is 0.721. The first-order chi connectivity index (χ1) is 8.11. The molecule has 2 rings (SSSR count). The van der Waals surface area contributed by atoms with Gasteiger partial charge in [-0.1, -0.05) is 30.3 Å². The number of H-pyrrole nitrogens is 1. The molecule has 0 fully saturated rings. The molecular formula is C12H13N3O2. The highest BCUT2D eigenvalue weighted by atomic mass is 16.3. The van der Waals surface area contributed by atoms with Crippen molar-refractivity contribution in [1.29, 1.82) is 0 Å². The molecule has 0 saturated carbocycles. The van der Waals surface area contributed by atoms with Gasteiger partial charge in [0.1, 0.15) is 5.69 Å². The lowest BCUT2D eigenvalue weighted by Gasteiger charge is -2.12. The maximum absolute atomic E-state index is 11.4. The van der Waals surface area contributed by atoms with Gasteiger partial charge >= 0.3 is 0 Å². The Bertz CT molecular complexity index is 576. The first-order valence-electron chi connectivity index (χ1n) is 5.22. The van der Waals surface area contributed by atoms with Crippen LogP contribution < -0.4 is 11.3 Å². The number of nitrogens with one attached hydrogen (secondary N) is 1. The average molecular weight is 231 g/mol. The zero-order valence-electron chi connectivity index (χ0n) is 9.34. The lowest BCUT2D eigenvalue weighted by atomic mass is 10.0. The van der Waals surface area contributed by atoms with Gasteiger partial charge in [0.15, 0.2) is 0 Å². The molecule has 0 bridgehead atoms. The van der Waals surface area contributed by atoms with Crippen molar-refractivity contribution in [2.75, 3.05) is 5.73 Å². The Morgan fingerprint density at radius 3 is 2.59 bits per heavy atom. The standard InChI is InChI=1S/C12H13N3O2/c1-7(16)9-10(13)12(17)15-14-11(9)8-5-3-2-4-6-8/h2-7,16H,1H3,(H2,13,14)(H,15,17). The van der Waals surface area contributed by atoms with Crippen LogP contribution in [0.15, 0.2) is 35.1 Å². The number of aliphatic hydroxyl groups is 1. The first kappa shape index (κ1) is 11.3. The number of aliphatic hydroxyl groups excluding tert-OH is 1. The summed E-state index contributed by atoms with van der Waals surface area (Å²) in [5.74, 6) is 0. The van der Waals surface area contributed by atoms with Gasteiger partial charge < -0.3 is 10.8 Å². The molecule has 1 atom stereocenters. The van der Waals surface area contributed by atoms with E-state index in [1.807, 2.05) is 30.3 Å². The molecule has 0 aliphatic carbocycles. The van der Waals surface area contributed by atoms with E-state index in [4.69, 9.17) is 5.73 Å². The Hall–Kier alpha value is -2.14. The van der Waals surface area contributed by atoms with Crippen LogP contribution in [0.25, 0.3) is 11.3 Å². The Morgan fingerprint density at radius 2 is 2.00 bits per heavy atom. The minimum absolute atomic E-state index is 0.00820. The van der Waals surface area contributed by atoms with Crippen LogP contribution in [0.2, 0.25) is 0 Å². The van der Waals surface area contributed by atoms with E-state index in [9.17, 15) is 9.90 Å². The molecule has 0 spiro atoms. The fourth-order valence-corrected chi connectivity index (χ4v) is 1.72. The van der Waals surface area contributed by atoms with Crippen molar-refractivity contribution in [3.8, 4) is 11.3 Å². The van der Waals surface area contributed by atoms with E-state index in [1.165, 1.54) is 0 Å². The maximum atomic E-state index is 11.4. The summed E-state index contributed by atoms with van der Waals surface area (Å²) >= 11 is 0.